The standard InChI is InChI=1S/C22H38N2S/c1-9-17(8)10-11-23-22(25)24-21-19(15(4)5)12-18(14(2)3)13-20(21)16(6)7/h12-17H,9-11H2,1-8H3,(H2,23,24,25). The largest absolute Gasteiger partial charge is 0.362 e. The number of thiocarbonyl (C=S) groups is 1. The Balaban J connectivity index is 3.05. The highest BCUT2D eigenvalue weighted by atomic mass is 32.1. The number of benzene rings is 1. The molecule has 0 radical (unpaired) electrons. The molecule has 0 amide bonds. The van der Waals surface area contributed by atoms with Crippen molar-refractivity contribution < 1.29 is 0 Å². The molecule has 142 valence electrons. The average Bonchev–Trinajstić information content (AvgIpc) is 2.53. The zero-order valence-corrected chi connectivity index (χ0v) is 18.3. The first-order valence-corrected chi connectivity index (χ1v) is 10.3. The van der Waals surface area contributed by atoms with Gasteiger partial charge in [0.05, 0.1) is 0 Å². The summed E-state index contributed by atoms with van der Waals surface area (Å²) in [7, 11) is 0. The first-order valence-electron chi connectivity index (χ1n) is 9.89. The fourth-order valence-electron chi connectivity index (χ4n) is 2.89. The van der Waals surface area contributed by atoms with Crippen molar-refractivity contribution in [1.82, 2.24) is 5.32 Å². The third-order valence-electron chi connectivity index (χ3n) is 4.99. The van der Waals surface area contributed by atoms with E-state index in [1.807, 2.05) is 0 Å². The lowest BCUT2D eigenvalue weighted by Gasteiger charge is -2.24. The Morgan fingerprint density at radius 2 is 1.44 bits per heavy atom. The highest BCUT2D eigenvalue weighted by Gasteiger charge is 2.18. The molecule has 0 fully saturated rings. The second-order valence-electron chi connectivity index (χ2n) is 8.22. The minimum absolute atomic E-state index is 0.460. The van der Waals surface area contributed by atoms with Gasteiger partial charge < -0.3 is 10.6 Å². The van der Waals surface area contributed by atoms with E-state index in [0.29, 0.717) is 17.8 Å². The van der Waals surface area contributed by atoms with Crippen molar-refractivity contribution in [3.8, 4) is 0 Å². The van der Waals surface area contributed by atoms with Gasteiger partial charge in [0.2, 0.25) is 0 Å². The molecule has 1 unspecified atom stereocenters. The summed E-state index contributed by atoms with van der Waals surface area (Å²) in [5, 5.41) is 7.65. The van der Waals surface area contributed by atoms with Gasteiger partial charge in [-0.2, -0.15) is 0 Å². The van der Waals surface area contributed by atoms with E-state index < -0.39 is 0 Å². The minimum atomic E-state index is 0.460. The summed E-state index contributed by atoms with van der Waals surface area (Å²) in [6.07, 6.45) is 2.37. The molecule has 0 aromatic heterocycles. The van der Waals surface area contributed by atoms with E-state index in [0.717, 1.165) is 24.0 Å². The number of rotatable bonds is 8. The highest BCUT2D eigenvalue weighted by molar-refractivity contribution is 7.80. The lowest BCUT2D eigenvalue weighted by Crippen LogP contribution is -2.31. The molecule has 0 saturated carbocycles. The molecule has 0 aliphatic heterocycles. The second-order valence-corrected chi connectivity index (χ2v) is 8.63. The summed E-state index contributed by atoms with van der Waals surface area (Å²) in [6.45, 7) is 19.0. The Labute approximate surface area is 161 Å². The second kappa shape index (κ2) is 10.2. The zero-order chi connectivity index (χ0) is 19.1. The molecule has 0 aliphatic carbocycles. The Hall–Kier alpha value is -1.09. The monoisotopic (exact) mass is 362 g/mol. The van der Waals surface area contributed by atoms with Crippen LogP contribution in [0.15, 0.2) is 12.1 Å². The van der Waals surface area contributed by atoms with E-state index in [4.69, 9.17) is 12.2 Å². The molecule has 1 aromatic carbocycles. The predicted molar refractivity (Wildman–Crippen MR) is 117 cm³/mol. The molecule has 1 rings (SSSR count). The number of anilines is 1. The molecule has 0 aliphatic rings. The topological polar surface area (TPSA) is 24.1 Å². The van der Waals surface area contributed by atoms with Gasteiger partial charge in [-0.25, -0.2) is 0 Å². The molecule has 2 N–H and O–H groups in total. The number of nitrogens with one attached hydrogen (secondary N) is 2. The quantitative estimate of drug-likeness (QED) is 0.498. The molecule has 1 aromatic rings. The van der Waals surface area contributed by atoms with Crippen molar-refractivity contribution in [3.05, 3.63) is 28.8 Å². The molecule has 1 atom stereocenters. The van der Waals surface area contributed by atoms with Crippen LogP contribution in [0.3, 0.4) is 0 Å². The third-order valence-corrected chi connectivity index (χ3v) is 5.24. The van der Waals surface area contributed by atoms with Crippen LogP contribution in [0.1, 0.15) is 103 Å². The fraction of sp³-hybridized carbons (Fsp3) is 0.682. The van der Waals surface area contributed by atoms with Crippen molar-refractivity contribution in [2.45, 2.75) is 86.0 Å². The van der Waals surface area contributed by atoms with Crippen LogP contribution in [-0.2, 0) is 0 Å². The van der Waals surface area contributed by atoms with Crippen molar-refractivity contribution in [2.75, 3.05) is 11.9 Å². The molecule has 0 heterocycles. The highest BCUT2D eigenvalue weighted by Crippen LogP contribution is 2.35. The summed E-state index contributed by atoms with van der Waals surface area (Å²) < 4.78 is 0. The molecular weight excluding hydrogens is 324 g/mol. The van der Waals surface area contributed by atoms with E-state index in [1.165, 1.54) is 28.8 Å². The third kappa shape index (κ3) is 6.62. The van der Waals surface area contributed by atoms with Gasteiger partial charge in [0.25, 0.3) is 0 Å². The van der Waals surface area contributed by atoms with Crippen LogP contribution in [0.4, 0.5) is 5.69 Å². The fourth-order valence-corrected chi connectivity index (χ4v) is 3.10. The Morgan fingerprint density at radius 3 is 1.84 bits per heavy atom. The first kappa shape index (κ1) is 22.0. The van der Waals surface area contributed by atoms with Crippen molar-refractivity contribution >= 4 is 23.0 Å². The van der Waals surface area contributed by atoms with Gasteiger partial charge in [-0.15, -0.1) is 0 Å². The Kier molecular flexibility index (Phi) is 8.92. The Morgan fingerprint density at radius 1 is 0.920 bits per heavy atom. The van der Waals surface area contributed by atoms with Crippen LogP contribution in [0.5, 0.6) is 0 Å². The summed E-state index contributed by atoms with van der Waals surface area (Å²) in [5.41, 5.74) is 5.34. The maximum Gasteiger partial charge on any atom is 0.170 e. The first-order chi connectivity index (χ1) is 11.7. The van der Waals surface area contributed by atoms with E-state index in [-0.39, 0.29) is 0 Å². The summed E-state index contributed by atoms with van der Waals surface area (Å²) in [6, 6.07) is 4.70. The number of hydrogen-bond donors (Lipinski definition) is 2. The molecule has 3 heteroatoms. The molecule has 0 bridgehead atoms. The summed E-state index contributed by atoms with van der Waals surface area (Å²) >= 11 is 5.58. The van der Waals surface area contributed by atoms with E-state index in [2.05, 4.69) is 78.2 Å². The molecule has 0 spiro atoms. The van der Waals surface area contributed by atoms with Crippen LogP contribution in [-0.4, -0.2) is 11.7 Å². The molecule has 25 heavy (non-hydrogen) atoms. The van der Waals surface area contributed by atoms with Gasteiger partial charge >= 0.3 is 0 Å². The van der Waals surface area contributed by atoms with Gasteiger partial charge in [0.15, 0.2) is 5.11 Å². The average molecular weight is 363 g/mol. The van der Waals surface area contributed by atoms with Gasteiger partial charge in [0, 0.05) is 12.2 Å². The summed E-state index contributed by atoms with van der Waals surface area (Å²) in [4.78, 5) is 0. The van der Waals surface area contributed by atoms with Crippen LogP contribution < -0.4 is 10.6 Å². The van der Waals surface area contributed by atoms with Gasteiger partial charge in [-0.05, 0) is 59.0 Å². The van der Waals surface area contributed by atoms with Crippen LogP contribution in [0.2, 0.25) is 0 Å². The van der Waals surface area contributed by atoms with Crippen molar-refractivity contribution in [3.63, 3.8) is 0 Å². The SMILES string of the molecule is CCC(C)CCNC(=S)Nc1c(C(C)C)cc(C(C)C)cc1C(C)C. The minimum Gasteiger partial charge on any atom is -0.362 e. The lowest BCUT2D eigenvalue weighted by molar-refractivity contribution is 0.513. The van der Waals surface area contributed by atoms with Gasteiger partial charge in [-0.1, -0.05) is 73.9 Å². The lowest BCUT2D eigenvalue weighted by atomic mass is 9.87. The maximum atomic E-state index is 5.58. The molecule has 0 saturated heterocycles. The van der Waals surface area contributed by atoms with Gasteiger partial charge in [-0.3, -0.25) is 0 Å². The molecular formula is C22H38N2S. The van der Waals surface area contributed by atoms with E-state index in [9.17, 15) is 0 Å². The molecule has 2 nitrogen and oxygen atoms in total. The smallest absolute Gasteiger partial charge is 0.170 e. The van der Waals surface area contributed by atoms with Gasteiger partial charge in [0.1, 0.15) is 0 Å². The predicted octanol–water partition coefficient (Wildman–Crippen LogP) is 6.78. The summed E-state index contributed by atoms with van der Waals surface area (Å²) in [5.74, 6) is 2.19. The van der Waals surface area contributed by atoms with E-state index >= 15 is 0 Å². The van der Waals surface area contributed by atoms with Crippen LogP contribution in [0.25, 0.3) is 0 Å². The van der Waals surface area contributed by atoms with Crippen LogP contribution >= 0.6 is 12.2 Å². The van der Waals surface area contributed by atoms with E-state index in [1.54, 1.807) is 0 Å². The van der Waals surface area contributed by atoms with Crippen molar-refractivity contribution in [2.24, 2.45) is 5.92 Å². The van der Waals surface area contributed by atoms with Crippen LogP contribution in [0, 0.1) is 5.92 Å². The zero-order valence-electron chi connectivity index (χ0n) is 17.5. The maximum absolute atomic E-state index is 5.58. The number of hydrogen-bond acceptors (Lipinski definition) is 1. The Bertz CT molecular complexity index is 532. The normalized spacial score (nSPS) is 12.8. The van der Waals surface area contributed by atoms with Crippen molar-refractivity contribution in [1.29, 1.82) is 0 Å².